The SMILES string of the molecule is CC(C)n1c(Br)nc(C(=O)O)c1C(O)c1ccc(Cl)cn1. The van der Waals surface area contributed by atoms with Crippen molar-refractivity contribution in [2.75, 3.05) is 0 Å². The summed E-state index contributed by atoms with van der Waals surface area (Å²) in [5.74, 6) is -1.21. The minimum atomic E-state index is -1.21. The maximum Gasteiger partial charge on any atom is 0.356 e. The lowest BCUT2D eigenvalue weighted by atomic mass is 10.1. The van der Waals surface area contributed by atoms with E-state index in [1.807, 2.05) is 13.8 Å². The first-order valence-electron chi connectivity index (χ1n) is 6.13. The molecule has 1 atom stereocenters. The normalized spacial score (nSPS) is 12.7. The van der Waals surface area contributed by atoms with Crippen molar-refractivity contribution in [1.29, 1.82) is 0 Å². The van der Waals surface area contributed by atoms with Crippen LogP contribution in [0.15, 0.2) is 23.1 Å². The van der Waals surface area contributed by atoms with Gasteiger partial charge in [0.25, 0.3) is 0 Å². The standard InChI is InChI=1S/C13H13BrClN3O3/c1-6(2)18-10(9(12(20)21)17-13(18)14)11(19)8-4-3-7(15)5-16-8/h3-6,11,19H,1-2H3,(H,20,21). The quantitative estimate of drug-likeness (QED) is 0.858. The van der Waals surface area contributed by atoms with Crippen molar-refractivity contribution >= 4 is 33.5 Å². The van der Waals surface area contributed by atoms with Crippen molar-refractivity contribution in [3.8, 4) is 0 Å². The van der Waals surface area contributed by atoms with Crippen LogP contribution >= 0.6 is 27.5 Å². The molecule has 0 saturated carbocycles. The molecule has 112 valence electrons. The predicted molar refractivity (Wildman–Crippen MR) is 80.6 cm³/mol. The molecule has 8 heteroatoms. The molecular weight excluding hydrogens is 362 g/mol. The van der Waals surface area contributed by atoms with Gasteiger partial charge in [0.2, 0.25) is 0 Å². The van der Waals surface area contributed by atoms with Gasteiger partial charge in [0.1, 0.15) is 6.10 Å². The molecule has 2 heterocycles. The van der Waals surface area contributed by atoms with Crippen molar-refractivity contribution < 1.29 is 15.0 Å². The van der Waals surface area contributed by atoms with Crippen LogP contribution in [0.1, 0.15) is 47.9 Å². The van der Waals surface area contributed by atoms with Gasteiger partial charge in [0, 0.05) is 12.2 Å². The molecule has 2 aromatic rings. The summed E-state index contributed by atoms with van der Waals surface area (Å²) in [4.78, 5) is 19.3. The number of aliphatic hydroxyl groups is 1. The highest BCUT2D eigenvalue weighted by molar-refractivity contribution is 9.10. The molecule has 21 heavy (non-hydrogen) atoms. The lowest BCUT2D eigenvalue weighted by Gasteiger charge is -2.18. The van der Waals surface area contributed by atoms with Crippen molar-refractivity contribution in [2.45, 2.75) is 26.0 Å². The number of aromatic carboxylic acids is 1. The topological polar surface area (TPSA) is 88.2 Å². The van der Waals surface area contributed by atoms with Crippen LogP contribution in [0, 0.1) is 0 Å². The molecule has 0 aliphatic carbocycles. The lowest BCUT2D eigenvalue weighted by molar-refractivity contribution is 0.0684. The first-order chi connectivity index (χ1) is 9.82. The van der Waals surface area contributed by atoms with Gasteiger partial charge >= 0.3 is 5.97 Å². The van der Waals surface area contributed by atoms with Gasteiger partial charge in [-0.25, -0.2) is 9.78 Å². The van der Waals surface area contributed by atoms with Gasteiger partial charge in [-0.1, -0.05) is 11.6 Å². The molecule has 0 aliphatic heterocycles. The Labute approximate surface area is 134 Å². The lowest BCUT2D eigenvalue weighted by Crippen LogP contribution is -2.15. The Hall–Kier alpha value is -1.44. The molecule has 0 bridgehead atoms. The van der Waals surface area contributed by atoms with Gasteiger partial charge in [-0.3, -0.25) is 4.98 Å². The fourth-order valence-electron chi connectivity index (χ4n) is 2.02. The number of rotatable bonds is 4. The molecule has 2 N–H and O–H groups in total. The fourth-order valence-corrected chi connectivity index (χ4v) is 2.91. The highest BCUT2D eigenvalue weighted by Gasteiger charge is 2.29. The maximum absolute atomic E-state index is 11.4. The second-order valence-electron chi connectivity index (χ2n) is 4.69. The van der Waals surface area contributed by atoms with E-state index < -0.39 is 12.1 Å². The highest BCUT2D eigenvalue weighted by Crippen LogP contribution is 2.30. The van der Waals surface area contributed by atoms with E-state index in [2.05, 4.69) is 25.9 Å². The van der Waals surface area contributed by atoms with E-state index in [0.29, 0.717) is 15.5 Å². The Morgan fingerprint density at radius 3 is 2.57 bits per heavy atom. The average molecular weight is 375 g/mol. The summed E-state index contributed by atoms with van der Waals surface area (Å²) in [6.07, 6.45) is 0.181. The number of pyridine rings is 1. The molecule has 2 rings (SSSR count). The minimum Gasteiger partial charge on any atom is -0.476 e. The molecule has 0 spiro atoms. The summed E-state index contributed by atoms with van der Waals surface area (Å²) in [5, 5.41) is 20.2. The minimum absolute atomic E-state index is 0.0862. The molecule has 0 aromatic carbocycles. The van der Waals surface area contributed by atoms with E-state index in [9.17, 15) is 15.0 Å². The smallest absolute Gasteiger partial charge is 0.356 e. The van der Waals surface area contributed by atoms with Crippen molar-refractivity contribution in [2.24, 2.45) is 0 Å². The summed E-state index contributed by atoms with van der Waals surface area (Å²) in [6.45, 7) is 3.73. The largest absolute Gasteiger partial charge is 0.476 e. The molecule has 0 saturated heterocycles. The predicted octanol–water partition coefficient (Wildman–Crippen LogP) is 3.05. The summed E-state index contributed by atoms with van der Waals surface area (Å²) < 4.78 is 1.96. The van der Waals surface area contributed by atoms with Crippen molar-refractivity contribution in [3.63, 3.8) is 0 Å². The summed E-state index contributed by atoms with van der Waals surface area (Å²) in [7, 11) is 0. The third-order valence-corrected chi connectivity index (χ3v) is 3.70. The molecule has 6 nitrogen and oxygen atoms in total. The van der Waals surface area contributed by atoms with Gasteiger partial charge in [-0.2, -0.15) is 0 Å². The Morgan fingerprint density at radius 1 is 1.43 bits per heavy atom. The van der Waals surface area contributed by atoms with Crippen molar-refractivity contribution in [1.82, 2.24) is 14.5 Å². The van der Waals surface area contributed by atoms with Crippen molar-refractivity contribution in [3.05, 3.63) is 45.2 Å². The molecular formula is C13H13BrClN3O3. The molecule has 0 aliphatic rings. The van der Waals surface area contributed by atoms with Gasteiger partial charge in [-0.15, -0.1) is 0 Å². The van der Waals surface area contributed by atoms with E-state index in [4.69, 9.17) is 11.6 Å². The second-order valence-corrected chi connectivity index (χ2v) is 5.83. The van der Waals surface area contributed by atoms with Gasteiger partial charge in [0.05, 0.1) is 16.4 Å². The number of aliphatic hydroxyl groups excluding tert-OH is 1. The number of aromatic nitrogens is 3. The monoisotopic (exact) mass is 373 g/mol. The second kappa shape index (κ2) is 6.13. The Bertz CT molecular complexity index is 670. The van der Waals surface area contributed by atoms with Gasteiger partial charge in [0.15, 0.2) is 10.4 Å². The molecule has 0 fully saturated rings. The van der Waals surface area contributed by atoms with Crippen LogP contribution in [0.25, 0.3) is 0 Å². The van der Waals surface area contributed by atoms with E-state index in [-0.39, 0.29) is 17.4 Å². The highest BCUT2D eigenvalue weighted by atomic mass is 79.9. The Kier molecular flexibility index (Phi) is 4.65. The first-order valence-corrected chi connectivity index (χ1v) is 7.30. The molecule has 1 unspecified atom stereocenters. The summed E-state index contributed by atoms with van der Waals surface area (Å²) in [6, 6.07) is 3.04. The van der Waals surface area contributed by atoms with E-state index in [0.717, 1.165) is 0 Å². The van der Waals surface area contributed by atoms with Crippen LogP contribution in [0.3, 0.4) is 0 Å². The first kappa shape index (κ1) is 15.9. The van der Waals surface area contributed by atoms with Gasteiger partial charge in [-0.05, 0) is 41.9 Å². The van der Waals surface area contributed by atoms with E-state index in [1.54, 1.807) is 16.7 Å². The summed E-state index contributed by atoms with van der Waals surface area (Å²) in [5.41, 5.74) is 0.273. The number of nitrogens with zero attached hydrogens (tertiary/aromatic N) is 3. The zero-order chi connectivity index (χ0) is 15.7. The van der Waals surface area contributed by atoms with Crippen LogP contribution in [-0.4, -0.2) is 30.7 Å². The molecule has 0 radical (unpaired) electrons. The number of hydrogen-bond donors (Lipinski definition) is 2. The van der Waals surface area contributed by atoms with Crippen LogP contribution in [0.5, 0.6) is 0 Å². The average Bonchev–Trinajstić information content (AvgIpc) is 2.76. The number of carboxylic acid groups (broad SMARTS) is 1. The molecule has 2 aromatic heterocycles. The fraction of sp³-hybridized carbons (Fsp3) is 0.308. The number of carbonyl (C=O) groups is 1. The van der Waals surface area contributed by atoms with Crippen LogP contribution < -0.4 is 0 Å². The zero-order valence-corrected chi connectivity index (χ0v) is 13.6. The third-order valence-electron chi connectivity index (χ3n) is 2.91. The van der Waals surface area contributed by atoms with E-state index in [1.165, 1.54) is 6.20 Å². The van der Waals surface area contributed by atoms with Gasteiger partial charge < -0.3 is 14.8 Å². The number of halogens is 2. The Morgan fingerprint density at radius 2 is 2.10 bits per heavy atom. The molecule has 0 amide bonds. The van der Waals surface area contributed by atoms with Crippen LogP contribution in [-0.2, 0) is 0 Å². The third kappa shape index (κ3) is 3.09. The maximum atomic E-state index is 11.4. The number of hydrogen-bond acceptors (Lipinski definition) is 4. The zero-order valence-electron chi connectivity index (χ0n) is 11.3. The Balaban J connectivity index is 2.60. The summed E-state index contributed by atoms with van der Waals surface area (Å²) >= 11 is 8.99. The van der Waals surface area contributed by atoms with Crippen LogP contribution in [0.2, 0.25) is 5.02 Å². The van der Waals surface area contributed by atoms with E-state index >= 15 is 0 Å². The number of carboxylic acids is 1. The van der Waals surface area contributed by atoms with Crippen LogP contribution in [0.4, 0.5) is 0 Å². The number of imidazole rings is 1.